The van der Waals surface area contributed by atoms with Crippen LogP contribution in [0.25, 0.3) is 0 Å². The highest BCUT2D eigenvalue weighted by Crippen LogP contribution is 2.33. The maximum absolute atomic E-state index is 6.38. The number of halogens is 1. The minimum atomic E-state index is 0.287. The standard InChI is InChI=1S/C14H24ClN3O/c1-3-7-18-14(12(15)10-17-18)13(16-4-2)11-5-8-19-9-6-11/h10-11,13,16H,3-9H2,1-2H3. The maximum Gasteiger partial charge on any atom is 0.0834 e. The van der Waals surface area contributed by atoms with Crippen LogP contribution >= 0.6 is 11.6 Å². The molecule has 19 heavy (non-hydrogen) atoms. The lowest BCUT2D eigenvalue weighted by Gasteiger charge is -2.31. The molecule has 0 amide bonds. The maximum atomic E-state index is 6.38. The molecule has 1 aliphatic rings. The summed E-state index contributed by atoms with van der Waals surface area (Å²) in [7, 11) is 0. The molecule has 0 aromatic carbocycles. The monoisotopic (exact) mass is 285 g/mol. The van der Waals surface area contributed by atoms with Gasteiger partial charge in [0.25, 0.3) is 0 Å². The van der Waals surface area contributed by atoms with Gasteiger partial charge in [0.1, 0.15) is 0 Å². The van der Waals surface area contributed by atoms with Gasteiger partial charge in [0.05, 0.1) is 23.0 Å². The summed E-state index contributed by atoms with van der Waals surface area (Å²) in [6.45, 7) is 7.87. The van der Waals surface area contributed by atoms with Crippen LogP contribution in [0.15, 0.2) is 6.20 Å². The average Bonchev–Trinajstić information content (AvgIpc) is 2.79. The summed E-state index contributed by atoms with van der Waals surface area (Å²) < 4.78 is 7.53. The summed E-state index contributed by atoms with van der Waals surface area (Å²) in [6, 6.07) is 0.287. The first-order valence-electron chi connectivity index (χ1n) is 7.30. The van der Waals surface area contributed by atoms with Gasteiger partial charge in [-0.15, -0.1) is 0 Å². The Morgan fingerprint density at radius 3 is 2.84 bits per heavy atom. The van der Waals surface area contributed by atoms with Crippen molar-refractivity contribution in [3.8, 4) is 0 Å². The number of hydrogen-bond acceptors (Lipinski definition) is 3. The Morgan fingerprint density at radius 2 is 2.21 bits per heavy atom. The van der Waals surface area contributed by atoms with Crippen LogP contribution in [0.4, 0.5) is 0 Å². The predicted molar refractivity (Wildman–Crippen MR) is 77.5 cm³/mol. The van der Waals surface area contributed by atoms with Crippen LogP contribution in [0.2, 0.25) is 5.02 Å². The first kappa shape index (κ1) is 14.8. The van der Waals surface area contributed by atoms with Crippen molar-refractivity contribution in [1.82, 2.24) is 15.1 Å². The summed E-state index contributed by atoms with van der Waals surface area (Å²) in [5.41, 5.74) is 1.15. The summed E-state index contributed by atoms with van der Waals surface area (Å²) in [5, 5.41) is 8.79. The number of hydrogen-bond donors (Lipinski definition) is 1. The number of nitrogens with one attached hydrogen (secondary N) is 1. The second kappa shape index (κ2) is 7.27. The Morgan fingerprint density at radius 1 is 1.47 bits per heavy atom. The van der Waals surface area contributed by atoms with E-state index in [9.17, 15) is 0 Å². The second-order valence-corrected chi connectivity index (χ2v) is 5.49. The van der Waals surface area contributed by atoms with Crippen molar-refractivity contribution in [3.05, 3.63) is 16.9 Å². The van der Waals surface area contributed by atoms with Crippen molar-refractivity contribution in [2.24, 2.45) is 5.92 Å². The fourth-order valence-electron chi connectivity index (χ4n) is 2.83. The van der Waals surface area contributed by atoms with E-state index in [0.29, 0.717) is 5.92 Å². The zero-order valence-corrected chi connectivity index (χ0v) is 12.6. The molecule has 1 N–H and O–H groups in total. The number of ether oxygens (including phenoxy) is 1. The molecule has 1 aliphatic heterocycles. The molecule has 108 valence electrons. The van der Waals surface area contributed by atoms with E-state index >= 15 is 0 Å². The van der Waals surface area contributed by atoms with Crippen molar-refractivity contribution in [2.75, 3.05) is 19.8 Å². The molecular weight excluding hydrogens is 262 g/mol. The van der Waals surface area contributed by atoms with Gasteiger partial charge in [-0.05, 0) is 31.7 Å². The Labute approximate surface area is 120 Å². The minimum Gasteiger partial charge on any atom is -0.381 e. The average molecular weight is 286 g/mol. The normalized spacial score (nSPS) is 18.7. The highest BCUT2D eigenvalue weighted by atomic mass is 35.5. The van der Waals surface area contributed by atoms with Crippen molar-refractivity contribution in [3.63, 3.8) is 0 Å². The van der Waals surface area contributed by atoms with E-state index in [0.717, 1.165) is 56.3 Å². The summed E-state index contributed by atoms with van der Waals surface area (Å²) >= 11 is 6.38. The second-order valence-electron chi connectivity index (χ2n) is 5.09. The van der Waals surface area contributed by atoms with Crippen LogP contribution in [0.1, 0.15) is 44.8 Å². The van der Waals surface area contributed by atoms with E-state index in [-0.39, 0.29) is 6.04 Å². The quantitative estimate of drug-likeness (QED) is 0.873. The molecule has 0 radical (unpaired) electrons. The van der Waals surface area contributed by atoms with Gasteiger partial charge in [0.2, 0.25) is 0 Å². The Kier molecular flexibility index (Phi) is 5.67. The van der Waals surface area contributed by atoms with Crippen LogP contribution in [0, 0.1) is 5.92 Å². The van der Waals surface area contributed by atoms with Crippen molar-refractivity contribution in [1.29, 1.82) is 0 Å². The predicted octanol–water partition coefficient (Wildman–Crippen LogP) is 3.02. The Bertz CT molecular complexity index is 388. The SMILES string of the molecule is CCCn1ncc(Cl)c1C(NCC)C1CCOCC1. The van der Waals surface area contributed by atoms with Gasteiger partial charge >= 0.3 is 0 Å². The number of aromatic nitrogens is 2. The third-order valence-corrected chi connectivity index (χ3v) is 4.02. The summed E-state index contributed by atoms with van der Waals surface area (Å²) in [6.07, 6.45) is 5.02. The third-order valence-electron chi connectivity index (χ3n) is 3.72. The van der Waals surface area contributed by atoms with Gasteiger partial charge in [0.15, 0.2) is 0 Å². The van der Waals surface area contributed by atoms with Gasteiger partial charge in [-0.3, -0.25) is 4.68 Å². The lowest BCUT2D eigenvalue weighted by molar-refractivity contribution is 0.0526. The highest BCUT2D eigenvalue weighted by molar-refractivity contribution is 6.31. The fraction of sp³-hybridized carbons (Fsp3) is 0.786. The summed E-state index contributed by atoms with van der Waals surface area (Å²) in [4.78, 5) is 0. The van der Waals surface area contributed by atoms with Crippen LogP contribution in [-0.4, -0.2) is 29.5 Å². The molecule has 0 bridgehead atoms. The molecule has 1 fully saturated rings. The first-order valence-corrected chi connectivity index (χ1v) is 7.68. The lowest BCUT2D eigenvalue weighted by atomic mass is 9.89. The zero-order chi connectivity index (χ0) is 13.7. The smallest absolute Gasteiger partial charge is 0.0834 e. The molecule has 5 heteroatoms. The van der Waals surface area contributed by atoms with E-state index in [4.69, 9.17) is 16.3 Å². The van der Waals surface area contributed by atoms with Crippen molar-refractivity contribution < 1.29 is 4.74 Å². The topological polar surface area (TPSA) is 39.1 Å². The molecule has 0 saturated carbocycles. The van der Waals surface area contributed by atoms with Crippen molar-refractivity contribution in [2.45, 2.75) is 45.7 Å². The van der Waals surface area contributed by atoms with Crippen LogP contribution < -0.4 is 5.32 Å². The van der Waals surface area contributed by atoms with Gasteiger partial charge < -0.3 is 10.1 Å². The van der Waals surface area contributed by atoms with E-state index in [1.54, 1.807) is 6.20 Å². The molecule has 1 unspecified atom stereocenters. The Balaban J connectivity index is 2.24. The van der Waals surface area contributed by atoms with E-state index in [1.165, 1.54) is 0 Å². The summed E-state index contributed by atoms with van der Waals surface area (Å²) in [5.74, 6) is 0.582. The van der Waals surface area contributed by atoms with E-state index in [2.05, 4.69) is 28.9 Å². The Hall–Kier alpha value is -0.580. The van der Waals surface area contributed by atoms with Gasteiger partial charge in [0, 0.05) is 19.8 Å². The van der Waals surface area contributed by atoms with Gasteiger partial charge in [-0.2, -0.15) is 5.10 Å². The molecule has 2 heterocycles. The van der Waals surface area contributed by atoms with Crippen LogP contribution in [0.5, 0.6) is 0 Å². The molecule has 1 saturated heterocycles. The number of nitrogens with zero attached hydrogens (tertiary/aromatic N) is 2. The molecule has 1 aromatic rings. The molecular formula is C14H24ClN3O. The number of rotatable bonds is 6. The van der Waals surface area contributed by atoms with Crippen LogP contribution in [0.3, 0.4) is 0 Å². The molecule has 4 nitrogen and oxygen atoms in total. The van der Waals surface area contributed by atoms with Gasteiger partial charge in [-0.1, -0.05) is 25.4 Å². The first-order chi connectivity index (χ1) is 9.27. The minimum absolute atomic E-state index is 0.287. The van der Waals surface area contributed by atoms with Crippen LogP contribution in [-0.2, 0) is 11.3 Å². The van der Waals surface area contributed by atoms with Crippen molar-refractivity contribution >= 4 is 11.6 Å². The fourth-order valence-corrected chi connectivity index (χ4v) is 3.09. The molecule has 0 aliphatic carbocycles. The molecule has 0 spiro atoms. The number of aryl methyl sites for hydroxylation is 1. The van der Waals surface area contributed by atoms with Gasteiger partial charge in [-0.25, -0.2) is 0 Å². The van der Waals surface area contributed by atoms with E-state index < -0.39 is 0 Å². The highest BCUT2D eigenvalue weighted by Gasteiger charge is 2.29. The zero-order valence-electron chi connectivity index (χ0n) is 11.9. The molecule has 1 aromatic heterocycles. The molecule has 2 rings (SSSR count). The molecule has 1 atom stereocenters. The lowest BCUT2D eigenvalue weighted by Crippen LogP contribution is -2.34. The van der Waals surface area contributed by atoms with E-state index in [1.807, 2.05) is 0 Å². The third kappa shape index (κ3) is 3.50. The largest absolute Gasteiger partial charge is 0.381 e.